The lowest BCUT2D eigenvalue weighted by Crippen LogP contribution is -2.25. The smallest absolute Gasteiger partial charge is 0.348 e. The third kappa shape index (κ3) is 2.84. The van der Waals surface area contributed by atoms with Gasteiger partial charge in [-0.3, -0.25) is 9.36 Å². The number of esters is 1. The van der Waals surface area contributed by atoms with E-state index in [0.29, 0.717) is 46.2 Å². The SMILES string of the molecule is CCOC(=O)c1sc2nc(C)n(CCOC)c(=O)c2c1C. The minimum Gasteiger partial charge on any atom is -0.462 e. The Hall–Kier alpha value is -1.73. The second-order valence-corrected chi connectivity index (χ2v) is 5.56. The molecule has 0 N–H and O–H groups in total. The molecule has 21 heavy (non-hydrogen) atoms. The van der Waals surface area contributed by atoms with Gasteiger partial charge in [0.2, 0.25) is 0 Å². The topological polar surface area (TPSA) is 70.4 Å². The van der Waals surface area contributed by atoms with E-state index in [1.165, 1.54) is 11.3 Å². The van der Waals surface area contributed by atoms with Crippen LogP contribution in [0.1, 0.15) is 28.0 Å². The van der Waals surface area contributed by atoms with E-state index in [9.17, 15) is 9.59 Å². The number of ether oxygens (including phenoxy) is 2. The van der Waals surface area contributed by atoms with Crippen LogP contribution in [0.15, 0.2) is 4.79 Å². The first-order valence-corrected chi connectivity index (χ1v) is 7.49. The van der Waals surface area contributed by atoms with Crippen molar-refractivity contribution < 1.29 is 14.3 Å². The molecule has 0 bridgehead atoms. The average molecular weight is 310 g/mol. The van der Waals surface area contributed by atoms with Crippen LogP contribution < -0.4 is 5.56 Å². The molecule has 0 saturated heterocycles. The van der Waals surface area contributed by atoms with Crippen LogP contribution in [-0.4, -0.2) is 35.8 Å². The van der Waals surface area contributed by atoms with Gasteiger partial charge >= 0.3 is 5.97 Å². The highest BCUT2D eigenvalue weighted by molar-refractivity contribution is 7.20. The van der Waals surface area contributed by atoms with Gasteiger partial charge in [0, 0.05) is 7.11 Å². The normalized spacial score (nSPS) is 11.0. The summed E-state index contributed by atoms with van der Waals surface area (Å²) >= 11 is 1.20. The molecule has 0 radical (unpaired) electrons. The van der Waals surface area contributed by atoms with Gasteiger partial charge < -0.3 is 9.47 Å². The van der Waals surface area contributed by atoms with E-state index in [1.807, 2.05) is 0 Å². The van der Waals surface area contributed by atoms with Crippen molar-refractivity contribution in [3.05, 3.63) is 26.6 Å². The van der Waals surface area contributed by atoms with Gasteiger partial charge in [-0.05, 0) is 26.3 Å². The van der Waals surface area contributed by atoms with Crippen molar-refractivity contribution in [3.63, 3.8) is 0 Å². The lowest BCUT2D eigenvalue weighted by molar-refractivity contribution is 0.0531. The second kappa shape index (κ2) is 6.36. The van der Waals surface area contributed by atoms with Gasteiger partial charge in [-0.2, -0.15) is 0 Å². The van der Waals surface area contributed by atoms with Crippen molar-refractivity contribution in [3.8, 4) is 0 Å². The van der Waals surface area contributed by atoms with Crippen LogP contribution in [0.5, 0.6) is 0 Å². The molecule has 2 aromatic heterocycles. The van der Waals surface area contributed by atoms with Crippen molar-refractivity contribution in [2.75, 3.05) is 20.3 Å². The number of nitrogens with zero attached hydrogens (tertiary/aromatic N) is 2. The third-order valence-electron chi connectivity index (χ3n) is 3.22. The van der Waals surface area contributed by atoms with Crippen LogP contribution in [-0.2, 0) is 16.0 Å². The van der Waals surface area contributed by atoms with E-state index in [4.69, 9.17) is 9.47 Å². The van der Waals surface area contributed by atoms with Crippen LogP contribution in [0, 0.1) is 13.8 Å². The molecule has 6 nitrogen and oxygen atoms in total. The Bertz CT molecular complexity index is 733. The summed E-state index contributed by atoms with van der Waals surface area (Å²) in [7, 11) is 1.58. The fourth-order valence-electron chi connectivity index (χ4n) is 2.16. The zero-order valence-electron chi connectivity index (χ0n) is 12.6. The largest absolute Gasteiger partial charge is 0.462 e. The van der Waals surface area contributed by atoms with Crippen molar-refractivity contribution in [2.45, 2.75) is 27.3 Å². The Labute approximate surface area is 126 Å². The van der Waals surface area contributed by atoms with Crippen LogP contribution in [0.2, 0.25) is 0 Å². The summed E-state index contributed by atoms with van der Waals surface area (Å²) in [6, 6.07) is 0. The molecule has 0 amide bonds. The highest BCUT2D eigenvalue weighted by Gasteiger charge is 2.21. The number of thiophene rings is 1. The maximum absolute atomic E-state index is 12.6. The third-order valence-corrected chi connectivity index (χ3v) is 4.39. The lowest BCUT2D eigenvalue weighted by atomic mass is 10.2. The molecule has 0 fully saturated rings. The summed E-state index contributed by atoms with van der Waals surface area (Å²) in [5.41, 5.74) is 0.496. The average Bonchev–Trinajstić information content (AvgIpc) is 2.76. The monoisotopic (exact) mass is 310 g/mol. The van der Waals surface area contributed by atoms with Gasteiger partial charge in [0.25, 0.3) is 5.56 Å². The number of carbonyl (C=O) groups excluding carboxylic acids is 1. The first-order valence-electron chi connectivity index (χ1n) is 6.67. The number of hydrogen-bond acceptors (Lipinski definition) is 6. The fraction of sp³-hybridized carbons (Fsp3) is 0.500. The Morgan fingerprint density at radius 3 is 2.71 bits per heavy atom. The fourth-order valence-corrected chi connectivity index (χ4v) is 3.27. The van der Waals surface area contributed by atoms with Crippen LogP contribution in [0.3, 0.4) is 0 Å². The Morgan fingerprint density at radius 1 is 1.38 bits per heavy atom. The van der Waals surface area contributed by atoms with Crippen LogP contribution in [0.25, 0.3) is 10.2 Å². The van der Waals surface area contributed by atoms with Gasteiger partial charge in [-0.15, -0.1) is 11.3 Å². The molecular weight excluding hydrogens is 292 g/mol. The second-order valence-electron chi connectivity index (χ2n) is 4.57. The molecule has 0 saturated carbocycles. The highest BCUT2D eigenvalue weighted by atomic mass is 32.1. The number of methoxy groups -OCH3 is 1. The summed E-state index contributed by atoms with van der Waals surface area (Å²) in [4.78, 5) is 30.0. The van der Waals surface area contributed by atoms with E-state index in [0.717, 1.165) is 0 Å². The zero-order chi connectivity index (χ0) is 15.6. The predicted molar refractivity (Wildman–Crippen MR) is 81.2 cm³/mol. The number of carbonyl (C=O) groups is 1. The molecule has 0 atom stereocenters. The first-order chi connectivity index (χ1) is 10.0. The molecule has 7 heteroatoms. The summed E-state index contributed by atoms with van der Waals surface area (Å²) in [6.45, 7) is 6.45. The van der Waals surface area contributed by atoms with E-state index in [1.54, 1.807) is 32.4 Å². The van der Waals surface area contributed by atoms with E-state index in [-0.39, 0.29) is 5.56 Å². The van der Waals surface area contributed by atoms with Crippen molar-refractivity contribution in [2.24, 2.45) is 0 Å². The van der Waals surface area contributed by atoms with Crippen LogP contribution in [0.4, 0.5) is 0 Å². The predicted octanol–water partition coefficient (Wildman–Crippen LogP) is 1.90. The van der Waals surface area contributed by atoms with Crippen molar-refractivity contribution in [1.29, 1.82) is 0 Å². The van der Waals surface area contributed by atoms with Gasteiger partial charge in [0.1, 0.15) is 15.5 Å². The standard InChI is InChI=1S/C14H18N2O4S/c1-5-20-14(18)11-8(2)10-12(21-11)15-9(3)16(13(10)17)6-7-19-4/h5-7H2,1-4H3. The Morgan fingerprint density at radius 2 is 2.10 bits per heavy atom. The van der Waals surface area contributed by atoms with Gasteiger partial charge in [-0.25, -0.2) is 9.78 Å². The van der Waals surface area contributed by atoms with Crippen molar-refractivity contribution >= 4 is 27.5 Å². The summed E-state index contributed by atoms with van der Waals surface area (Å²) in [5, 5.41) is 0.491. The number of rotatable bonds is 5. The first kappa shape index (κ1) is 15.7. The van der Waals surface area contributed by atoms with E-state index < -0.39 is 5.97 Å². The molecule has 0 aliphatic rings. The maximum Gasteiger partial charge on any atom is 0.348 e. The number of aromatic nitrogens is 2. The number of aryl methyl sites for hydroxylation is 2. The molecule has 0 aliphatic heterocycles. The highest BCUT2D eigenvalue weighted by Crippen LogP contribution is 2.27. The lowest BCUT2D eigenvalue weighted by Gasteiger charge is -2.08. The maximum atomic E-state index is 12.6. The summed E-state index contributed by atoms with van der Waals surface area (Å²) in [5.74, 6) is 0.208. The number of hydrogen-bond donors (Lipinski definition) is 0. The quantitative estimate of drug-likeness (QED) is 0.789. The summed E-state index contributed by atoms with van der Waals surface area (Å²) < 4.78 is 11.6. The van der Waals surface area contributed by atoms with Gasteiger partial charge in [-0.1, -0.05) is 0 Å². The molecular formula is C14H18N2O4S. The molecule has 2 rings (SSSR count). The van der Waals surface area contributed by atoms with E-state index in [2.05, 4.69) is 4.98 Å². The van der Waals surface area contributed by atoms with Gasteiger partial charge in [0.05, 0.1) is 25.1 Å². The molecule has 0 unspecified atom stereocenters. The molecule has 0 aliphatic carbocycles. The molecule has 2 aromatic rings. The number of fused-ring (bicyclic) bond motifs is 1. The molecule has 0 aromatic carbocycles. The van der Waals surface area contributed by atoms with Crippen LogP contribution >= 0.6 is 11.3 Å². The summed E-state index contributed by atoms with van der Waals surface area (Å²) in [6.07, 6.45) is 0. The molecule has 114 valence electrons. The van der Waals surface area contributed by atoms with Crippen molar-refractivity contribution in [1.82, 2.24) is 9.55 Å². The van der Waals surface area contributed by atoms with E-state index >= 15 is 0 Å². The minimum absolute atomic E-state index is 0.140. The molecule has 0 spiro atoms. The minimum atomic E-state index is -0.404. The Kier molecular flexibility index (Phi) is 4.74. The zero-order valence-corrected chi connectivity index (χ0v) is 13.4. The Balaban J connectivity index is 2.61. The molecule has 2 heterocycles. The van der Waals surface area contributed by atoms with Gasteiger partial charge in [0.15, 0.2) is 0 Å².